The second kappa shape index (κ2) is 5.71. The molecule has 1 aromatic heterocycles. The SMILES string of the molecule is CNc1ncnc(Sc2ccc(C)cc2C)c1Br. The quantitative estimate of drug-likeness (QED) is 0.865. The van der Waals surface area contributed by atoms with E-state index in [1.165, 1.54) is 16.0 Å². The van der Waals surface area contributed by atoms with Crippen molar-refractivity contribution in [3.05, 3.63) is 40.1 Å². The van der Waals surface area contributed by atoms with Crippen LogP contribution in [0, 0.1) is 13.8 Å². The maximum Gasteiger partial charge on any atom is 0.144 e. The van der Waals surface area contributed by atoms with Gasteiger partial charge in [0.1, 0.15) is 17.2 Å². The molecule has 0 saturated heterocycles. The molecule has 0 fully saturated rings. The third-order valence-electron chi connectivity index (χ3n) is 2.53. The van der Waals surface area contributed by atoms with Gasteiger partial charge in [0.15, 0.2) is 0 Å². The Morgan fingerprint density at radius 2 is 2.00 bits per heavy atom. The first-order valence-corrected chi connectivity index (χ1v) is 7.16. The molecule has 0 amide bonds. The van der Waals surface area contributed by atoms with Crippen LogP contribution < -0.4 is 5.32 Å². The lowest BCUT2D eigenvalue weighted by Crippen LogP contribution is -1.96. The molecule has 3 nitrogen and oxygen atoms in total. The molecular formula is C13H14BrN3S. The highest BCUT2D eigenvalue weighted by Crippen LogP contribution is 2.36. The van der Waals surface area contributed by atoms with E-state index in [4.69, 9.17) is 0 Å². The van der Waals surface area contributed by atoms with Crippen LogP contribution in [0.15, 0.2) is 38.9 Å². The molecule has 2 aromatic rings. The number of halogens is 1. The number of nitrogens with zero attached hydrogens (tertiary/aromatic N) is 2. The van der Waals surface area contributed by atoms with Crippen molar-refractivity contribution >= 4 is 33.5 Å². The summed E-state index contributed by atoms with van der Waals surface area (Å²) in [5.74, 6) is 0.803. The molecule has 1 aromatic carbocycles. The van der Waals surface area contributed by atoms with Crippen molar-refractivity contribution in [1.82, 2.24) is 9.97 Å². The topological polar surface area (TPSA) is 37.8 Å². The summed E-state index contributed by atoms with van der Waals surface area (Å²) in [6.07, 6.45) is 1.57. The van der Waals surface area contributed by atoms with E-state index in [0.29, 0.717) is 0 Å². The van der Waals surface area contributed by atoms with E-state index in [9.17, 15) is 0 Å². The van der Waals surface area contributed by atoms with Crippen LogP contribution in [0.2, 0.25) is 0 Å². The molecule has 1 N–H and O–H groups in total. The smallest absolute Gasteiger partial charge is 0.144 e. The van der Waals surface area contributed by atoms with Crippen LogP contribution in [0.3, 0.4) is 0 Å². The van der Waals surface area contributed by atoms with Crippen LogP contribution >= 0.6 is 27.7 Å². The van der Waals surface area contributed by atoms with Gasteiger partial charge in [-0.05, 0) is 41.4 Å². The summed E-state index contributed by atoms with van der Waals surface area (Å²) in [7, 11) is 1.85. The van der Waals surface area contributed by atoms with Gasteiger partial charge in [-0.1, -0.05) is 29.5 Å². The third-order valence-corrected chi connectivity index (χ3v) is 4.73. The monoisotopic (exact) mass is 323 g/mol. The molecule has 0 aliphatic heterocycles. The Bertz CT molecular complexity index is 572. The average molecular weight is 324 g/mol. The van der Waals surface area contributed by atoms with E-state index in [1.54, 1.807) is 18.1 Å². The molecule has 1 heterocycles. The summed E-state index contributed by atoms with van der Waals surface area (Å²) in [4.78, 5) is 9.67. The van der Waals surface area contributed by atoms with E-state index in [1.807, 2.05) is 7.05 Å². The van der Waals surface area contributed by atoms with Gasteiger partial charge in [0, 0.05) is 11.9 Å². The van der Waals surface area contributed by atoms with E-state index in [2.05, 4.69) is 63.3 Å². The third kappa shape index (κ3) is 2.84. The van der Waals surface area contributed by atoms with Crippen molar-refractivity contribution < 1.29 is 0 Å². The molecular weight excluding hydrogens is 310 g/mol. The summed E-state index contributed by atoms with van der Waals surface area (Å²) in [5.41, 5.74) is 2.53. The Labute approximate surface area is 120 Å². The first kappa shape index (κ1) is 13.4. The number of benzene rings is 1. The van der Waals surface area contributed by atoms with Gasteiger partial charge in [0.05, 0.1) is 4.47 Å². The maximum absolute atomic E-state index is 4.31. The van der Waals surface area contributed by atoms with Gasteiger partial charge in [0.25, 0.3) is 0 Å². The first-order valence-electron chi connectivity index (χ1n) is 5.55. The fourth-order valence-corrected chi connectivity index (χ4v) is 3.11. The zero-order valence-electron chi connectivity index (χ0n) is 10.5. The van der Waals surface area contributed by atoms with E-state index in [0.717, 1.165) is 15.3 Å². The van der Waals surface area contributed by atoms with Gasteiger partial charge in [0.2, 0.25) is 0 Å². The maximum atomic E-state index is 4.31. The molecule has 0 radical (unpaired) electrons. The van der Waals surface area contributed by atoms with Gasteiger partial charge in [-0.3, -0.25) is 0 Å². The lowest BCUT2D eigenvalue weighted by molar-refractivity contribution is 1.02. The molecule has 0 aliphatic carbocycles. The molecule has 0 saturated carbocycles. The van der Waals surface area contributed by atoms with Crippen molar-refractivity contribution in [3.8, 4) is 0 Å². The number of nitrogens with one attached hydrogen (secondary N) is 1. The average Bonchev–Trinajstić information content (AvgIpc) is 2.35. The predicted octanol–water partition coefficient (Wildman–Crippen LogP) is 4.05. The van der Waals surface area contributed by atoms with Crippen LogP contribution in [-0.2, 0) is 0 Å². The first-order chi connectivity index (χ1) is 8.61. The number of aryl methyl sites for hydroxylation is 2. The van der Waals surface area contributed by atoms with Crippen molar-refractivity contribution in [3.63, 3.8) is 0 Å². The highest BCUT2D eigenvalue weighted by molar-refractivity contribution is 9.10. The van der Waals surface area contributed by atoms with Crippen LogP contribution in [-0.4, -0.2) is 17.0 Å². The molecule has 0 spiro atoms. The van der Waals surface area contributed by atoms with Crippen LogP contribution in [0.4, 0.5) is 5.82 Å². The standard InChI is InChI=1S/C13H14BrN3S/c1-8-4-5-10(9(2)6-8)18-13-11(14)12(15-3)16-7-17-13/h4-7H,1-3H3,(H,15,16,17). The number of anilines is 1. The fourth-order valence-electron chi connectivity index (χ4n) is 1.62. The number of aromatic nitrogens is 2. The second-order valence-electron chi connectivity index (χ2n) is 3.96. The number of rotatable bonds is 3. The van der Waals surface area contributed by atoms with Gasteiger partial charge in [-0.15, -0.1) is 0 Å². The van der Waals surface area contributed by atoms with E-state index in [-0.39, 0.29) is 0 Å². The fraction of sp³-hybridized carbons (Fsp3) is 0.231. The number of hydrogen-bond donors (Lipinski definition) is 1. The minimum atomic E-state index is 0.803. The minimum absolute atomic E-state index is 0.803. The molecule has 94 valence electrons. The predicted molar refractivity (Wildman–Crippen MR) is 79.3 cm³/mol. The summed E-state index contributed by atoms with van der Waals surface area (Å²) in [6, 6.07) is 6.42. The summed E-state index contributed by atoms with van der Waals surface area (Å²) in [6.45, 7) is 4.21. The molecule has 2 rings (SSSR count). The zero-order valence-corrected chi connectivity index (χ0v) is 12.9. The normalized spacial score (nSPS) is 10.4. The Kier molecular flexibility index (Phi) is 4.24. The highest BCUT2D eigenvalue weighted by Gasteiger charge is 2.10. The Morgan fingerprint density at radius 1 is 1.22 bits per heavy atom. The van der Waals surface area contributed by atoms with Crippen molar-refractivity contribution in [2.45, 2.75) is 23.8 Å². The van der Waals surface area contributed by atoms with E-state index < -0.39 is 0 Å². The Morgan fingerprint density at radius 3 is 2.67 bits per heavy atom. The van der Waals surface area contributed by atoms with Gasteiger partial charge in [-0.2, -0.15) is 0 Å². The minimum Gasteiger partial charge on any atom is -0.372 e. The van der Waals surface area contributed by atoms with Gasteiger partial charge < -0.3 is 5.32 Å². The highest BCUT2D eigenvalue weighted by atomic mass is 79.9. The van der Waals surface area contributed by atoms with Crippen molar-refractivity contribution in [2.24, 2.45) is 0 Å². The van der Waals surface area contributed by atoms with Crippen LogP contribution in [0.5, 0.6) is 0 Å². The van der Waals surface area contributed by atoms with Gasteiger partial charge >= 0.3 is 0 Å². The van der Waals surface area contributed by atoms with Crippen LogP contribution in [0.25, 0.3) is 0 Å². The second-order valence-corrected chi connectivity index (χ2v) is 5.79. The Hall–Kier alpha value is -1.07. The lowest BCUT2D eigenvalue weighted by Gasteiger charge is -2.09. The summed E-state index contributed by atoms with van der Waals surface area (Å²) >= 11 is 5.17. The Balaban J connectivity index is 2.34. The van der Waals surface area contributed by atoms with Crippen LogP contribution in [0.1, 0.15) is 11.1 Å². The summed E-state index contributed by atoms with van der Waals surface area (Å²) in [5, 5.41) is 3.95. The summed E-state index contributed by atoms with van der Waals surface area (Å²) < 4.78 is 0.900. The van der Waals surface area contributed by atoms with Crippen molar-refractivity contribution in [2.75, 3.05) is 12.4 Å². The van der Waals surface area contributed by atoms with E-state index >= 15 is 0 Å². The van der Waals surface area contributed by atoms with Gasteiger partial charge in [-0.25, -0.2) is 9.97 Å². The molecule has 0 aliphatic rings. The molecule has 5 heteroatoms. The molecule has 18 heavy (non-hydrogen) atoms. The largest absolute Gasteiger partial charge is 0.372 e. The molecule has 0 atom stereocenters. The molecule has 0 unspecified atom stereocenters. The number of hydrogen-bond acceptors (Lipinski definition) is 4. The lowest BCUT2D eigenvalue weighted by atomic mass is 10.2. The molecule has 0 bridgehead atoms. The zero-order chi connectivity index (χ0) is 13.1. The van der Waals surface area contributed by atoms with Crippen molar-refractivity contribution in [1.29, 1.82) is 0 Å².